The molecule has 0 aromatic carbocycles. The number of aliphatic hydroxyl groups excluding tert-OH is 3. The predicted molar refractivity (Wildman–Crippen MR) is 39.5 cm³/mol. The molecule has 0 heterocycles. The van der Waals surface area contributed by atoms with Crippen LogP contribution in [-0.2, 0) is 9.59 Å². The van der Waals surface area contributed by atoms with Crippen LogP contribution in [0.1, 0.15) is 6.42 Å². The summed E-state index contributed by atoms with van der Waals surface area (Å²) < 4.78 is 0. The Balaban J connectivity index is 4.16. The second-order valence-corrected chi connectivity index (χ2v) is 2.50. The molecule has 76 valence electrons. The highest BCUT2D eigenvalue weighted by Gasteiger charge is 2.29. The van der Waals surface area contributed by atoms with Crippen LogP contribution >= 0.6 is 0 Å². The number of carbonyl (C=O) groups excluding carboxylic acids is 1. The van der Waals surface area contributed by atoms with Crippen molar-refractivity contribution < 1.29 is 30.0 Å². The van der Waals surface area contributed by atoms with Gasteiger partial charge in [-0.25, -0.2) is 0 Å². The first-order valence-corrected chi connectivity index (χ1v) is 3.41. The summed E-state index contributed by atoms with van der Waals surface area (Å²) >= 11 is 0. The highest BCUT2D eigenvalue weighted by Crippen LogP contribution is 2.03. The first-order valence-electron chi connectivity index (χ1n) is 3.41. The quantitative estimate of drug-likeness (QED) is 0.315. The molecule has 3 atom stereocenters. The molecule has 0 unspecified atom stereocenters. The molecule has 0 radical (unpaired) electrons. The second-order valence-electron chi connectivity index (χ2n) is 2.50. The van der Waals surface area contributed by atoms with Gasteiger partial charge in [-0.3, -0.25) is 9.59 Å². The SMILES string of the molecule is NC(=O)[C@H](O)[C@@H](O)[C@H](O)CC(=O)O. The minimum atomic E-state index is -1.96. The van der Waals surface area contributed by atoms with E-state index in [1.807, 2.05) is 0 Å². The molecule has 13 heavy (non-hydrogen) atoms. The van der Waals surface area contributed by atoms with Gasteiger partial charge >= 0.3 is 5.97 Å². The molecular weight excluding hydrogens is 182 g/mol. The number of aliphatic carboxylic acids is 1. The van der Waals surface area contributed by atoms with E-state index >= 15 is 0 Å². The number of carboxylic acid groups (broad SMARTS) is 1. The van der Waals surface area contributed by atoms with Gasteiger partial charge in [0.2, 0.25) is 5.91 Å². The molecular formula is C6H11NO6. The van der Waals surface area contributed by atoms with Crippen molar-refractivity contribution in [2.45, 2.75) is 24.7 Å². The van der Waals surface area contributed by atoms with Crippen molar-refractivity contribution in [2.24, 2.45) is 5.73 Å². The molecule has 0 aliphatic heterocycles. The summed E-state index contributed by atoms with van der Waals surface area (Å²) in [5.41, 5.74) is 4.60. The maximum Gasteiger partial charge on any atom is 0.306 e. The Bertz CT molecular complexity index is 205. The molecule has 7 heteroatoms. The average molecular weight is 193 g/mol. The normalized spacial score (nSPS) is 17.5. The number of primary amides is 1. The summed E-state index contributed by atoms with van der Waals surface area (Å²) in [5, 5.41) is 34.8. The third kappa shape index (κ3) is 3.83. The lowest BCUT2D eigenvalue weighted by Crippen LogP contribution is -2.45. The smallest absolute Gasteiger partial charge is 0.306 e. The molecule has 0 fully saturated rings. The highest BCUT2D eigenvalue weighted by atomic mass is 16.4. The highest BCUT2D eigenvalue weighted by molar-refractivity contribution is 5.79. The summed E-state index contributed by atoms with van der Waals surface area (Å²) in [4.78, 5) is 20.3. The molecule has 0 aromatic heterocycles. The van der Waals surface area contributed by atoms with Gasteiger partial charge in [0.1, 0.15) is 6.10 Å². The van der Waals surface area contributed by atoms with E-state index in [0.29, 0.717) is 0 Å². The molecule has 0 aliphatic rings. The van der Waals surface area contributed by atoms with Crippen LogP contribution < -0.4 is 5.73 Å². The second kappa shape index (κ2) is 4.75. The molecule has 0 saturated carbocycles. The first kappa shape index (κ1) is 11.8. The van der Waals surface area contributed by atoms with E-state index < -0.39 is 36.6 Å². The number of carbonyl (C=O) groups is 2. The molecule has 0 bridgehead atoms. The van der Waals surface area contributed by atoms with Crippen molar-refractivity contribution >= 4 is 11.9 Å². The van der Waals surface area contributed by atoms with Crippen molar-refractivity contribution in [3.63, 3.8) is 0 Å². The zero-order valence-corrected chi connectivity index (χ0v) is 6.62. The van der Waals surface area contributed by atoms with Gasteiger partial charge in [-0.05, 0) is 0 Å². The van der Waals surface area contributed by atoms with E-state index in [1.165, 1.54) is 0 Å². The fraction of sp³-hybridized carbons (Fsp3) is 0.667. The molecule has 0 saturated heterocycles. The minimum Gasteiger partial charge on any atom is -0.481 e. The number of aliphatic hydroxyl groups is 3. The minimum absolute atomic E-state index is 0.772. The third-order valence-electron chi connectivity index (χ3n) is 1.39. The van der Waals surface area contributed by atoms with E-state index in [0.717, 1.165) is 0 Å². The monoisotopic (exact) mass is 193 g/mol. The van der Waals surface area contributed by atoms with Gasteiger partial charge in [-0.1, -0.05) is 0 Å². The standard InChI is InChI=1S/C6H11NO6/c7-6(13)5(12)4(11)2(8)1-3(9)10/h2,4-5,8,11-12H,1H2,(H2,7,13)(H,9,10)/t2-,4+,5-/m1/s1. The van der Waals surface area contributed by atoms with Crippen LogP contribution in [-0.4, -0.2) is 50.6 Å². The Hall–Kier alpha value is -1.18. The predicted octanol–water partition coefficient (Wildman–Crippen LogP) is -2.97. The van der Waals surface area contributed by atoms with Crippen LogP contribution in [0.25, 0.3) is 0 Å². The molecule has 1 amide bonds. The first-order chi connectivity index (χ1) is 5.86. The number of hydrogen-bond donors (Lipinski definition) is 5. The molecule has 0 aliphatic carbocycles. The largest absolute Gasteiger partial charge is 0.481 e. The van der Waals surface area contributed by atoms with Crippen LogP contribution in [0.15, 0.2) is 0 Å². The van der Waals surface area contributed by atoms with Gasteiger partial charge in [-0.15, -0.1) is 0 Å². The molecule has 0 rings (SSSR count). The van der Waals surface area contributed by atoms with Crippen molar-refractivity contribution in [1.82, 2.24) is 0 Å². The number of rotatable bonds is 5. The summed E-state index contributed by atoms with van der Waals surface area (Å²) in [6, 6.07) is 0. The fourth-order valence-corrected chi connectivity index (χ4v) is 0.678. The van der Waals surface area contributed by atoms with E-state index in [9.17, 15) is 9.59 Å². The van der Waals surface area contributed by atoms with E-state index in [2.05, 4.69) is 5.73 Å². The van der Waals surface area contributed by atoms with Crippen molar-refractivity contribution in [1.29, 1.82) is 0 Å². The summed E-state index contributed by atoms with van der Waals surface area (Å²) in [5.74, 6) is -2.58. The van der Waals surface area contributed by atoms with Crippen molar-refractivity contribution in [2.75, 3.05) is 0 Å². The van der Waals surface area contributed by atoms with E-state index in [1.54, 1.807) is 0 Å². The summed E-state index contributed by atoms with van der Waals surface area (Å²) in [6.07, 6.45) is -6.34. The third-order valence-corrected chi connectivity index (χ3v) is 1.39. The summed E-state index contributed by atoms with van der Waals surface area (Å²) in [7, 11) is 0. The Kier molecular flexibility index (Phi) is 4.32. The lowest BCUT2D eigenvalue weighted by Gasteiger charge is -2.18. The Morgan fingerprint density at radius 3 is 2.00 bits per heavy atom. The zero-order valence-electron chi connectivity index (χ0n) is 6.62. The van der Waals surface area contributed by atoms with Crippen LogP contribution in [0.4, 0.5) is 0 Å². The zero-order chi connectivity index (χ0) is 10.6. The average Bonchev–Trinajstić information content (AvgIpc) is 2.00. The number of carboxylic acids is 1. The van der Waals surface area contributed by atoms with Gasteiger partial charge in [-0.2, -0.15) is 0 Å². The molecule has 0 aromatic rings. The maximum atomic E-state index is 10.3. The van der Waals surface area contributed by atoms with Gasteiger partial charge in [0, 0.05) is 0 Å². The lowest BCUT2D eigenvalue weighted by molar-refractivity contribution is -0.147. The topological polar surface area (TPSA) is 141 Å². The molecule has 6 N–H and O–H groups in total. The fourth-order valence-electron chi connectivity index (χ4n) is 0.678. The maximum absolute atomic E-state index is 10.3. The lowest BCUT2D eigenvalue weighted by atomic mass is 10.1. The van der Waals surface area contributed by atoms with Crippen LogP contribution in [0.3, 0.4) is 0 Å². The van der Waals surface area contributed by atoms with Crippen LogP contribution in [0, 0.1) is 0 Å². The van der Waals surface area contributed by atoms with Crippen LogP contribution in [0.2, 0.25) is 0 Å². The van der Waals surface area contributed by atoms with Crippen molar-refractivity contribution in [3.8, 4) is 0 Å². The van der Waals surface area contributed by atoms with Crippen molar-refractivity contribution in [3.05, 3.63) is 0 Å². The molecule has 0 spiro atoms. The van der Waals surface area contributed by atoms with Crippen LogP contribution in [0.5, 0.6) is 0 Å². The Morgan fingerprint density at radius 2 is 1.69 bits per heavy atom. The number of nitrogens with two attached hydrogens (primary N) is 1. The Labute approximate surface area is 73.4 Å². The van der Waals surface area contributed by atoms with Gasteiger partial charge in [0.05, 0.1) is 12.5 Å². The number of hydrogen-bond acceptors (Lipinski definition) is 5. The summed E-state index contributed by atoms with van der Waals surface area (Å²) in [6.45, 7) is 0. The van der Waals surface area contributed by atoms with E-state index in [-0.39, 0.29) is 0 Å². The van der Waals surface area contributed by atoms with Gasteiger partial charge in [0.25, 0.3) is 0 Å². The number of amides is 1. The van der Waals surface area contributed by atoms with Gasteiger partial charge in [0.15, 0.2) is 6.10 Å². The Morgan fingerprint density at radius 1 is 1.23 bits per heavy atom. The van der Waals surface area contributed by atoms with E-state index in [4.69, 9.17) is 20.4 Å². The molecule has 7 nitrogen and oxygen atoms in total. The van der Waals surface area contributed by atoms with Gasteiger partial charge < -0.3 is 26.2 Å².